The van der Waals surface area contributed by atoms with Crippen molar-refractivity contribution in [3.63, 3.8) is 0 Å². The van der Waals surface area contributed by atoms with Gasteiger partial charge in [0.1, 0.15) is 19.3 Å². The maximum absolute atomic E-state index is 12.0. The van der Waals surface area contributed by atoms with Crippen LogP contribution in [0.2, 0.25) is 0 Å². The van der Waals surface area contributed by atoms with Crippen molar-refractivity contribution in [2.24, 2.45) is 0 Å². The highest BCUT2D eigenvalue weighted by Crippen LogP contribution is 2.15. The van der Waals surface area contributed by atoms with Crippen molar-refractivity contribution < 1.29 is 38.5 Å². The zero-order valence-corrected chi connectivity index (χ0v) is 36.3. The molecule has 0 heterocycles. The number of hydrogen-bond donors (Lipinski definition) is 2. The summed E-state index contributed by atoms with van der Waals surface area (Å²) in [6.07, 6.45) is 52.5. The number of ether oxygens (including phenoxy) is 3. The number of carboxylic acids is 1. The monoisotopic (exact) mass is 787 g/mol. The number of nitrogens with zero attached hydrogens (tertiary/aromatic N) is 1. The van der Waals surface area contributed by atoms with E-state index in [4.69, 9.17) is 14.2 Å². The van der Waals surface area contributed by atoms with Gasteiger partial charge in [-0.25, -0.2) is 4.79 Å². The normalized spacial score (nSPS) is 13.8. The number of allylic oxidation sites excluding steroid dienone is 12. The molecule has 2 unspecified atom stereocenters. The molecule has 8 heteroatoms. The molecule has 322 valence electrons. The van der Waals surface area contributed by atoms with Crippen molar-refractivity contribution in [3.8, 4) is 0 Å². The van der Waals surface area contributed by atoms with Gasteiger partial charge >= 0.3 is 11.9 Å². The first-order valence-corrected chi connectivity index (χ1v) is 22.2. The molecule has 0 saturated heterocycles. The second kappa shape index (κ2) is 40.4. The smallest absolute Gasteiger partial charge is 0.361 e. The molecule has 0 aromatic rings. The summed E-state index contributed by atoms with van der Waals surface area (Å²) in [5.74, 6) is -1.61. The summed E-state index contributed by atoms with van der Waals surface area (Å²) in [7, 11) is 5.92. The number of likely N-dealkylation sites (N-methyl/N-ethyl adjacent to an activating group) is 1. The van der Waals surface area contributed by atoms with E-state index in [0.717, 1.165) is 57.8 Å². The van der Waals surface area contributed by atoms with Crippen LogP contribution in [0, 0.1) is 0 Å². The summed E-state index contributed by atoms with van der Waals surface area (Å²) in [4.78, 5) is 23.3. The predicted octanol–water partition coefficient (Wildman–Crippen LogP) is 11.8. The van der Waals surface area contributed by atoms with Crippen molar-refractivity contribution in [2.75, 3.05) is 47.5 Å². The van der Waals surface area contributed by atoms with Crippen molar-refractivity contribution in [2.45, 2.75) is 173 Å². The lowest BCUT2D eigenvalue weighted by Gasteiger charge is -2.24. The third kappa shape index (κ3) is 42.4. The van der Waals surface area contributed by atoms with Crippen LogP contribution in [0.4, 0.5) is 0 Å². The van der Waals surface area contributed by atoms with Crippen LogP contribution in [0.25, 0.3) is 0 Å². The van der Waals surface area contributed by atoms with Gasteiger partial charge in [-0.3, -0.25) is 4.79 Å². The number of aliphatic hydroxyl groups is 1. The zero-order valence-electron chi connectivity index (χ0n) is 36.3. The Kier molecular flexibility index (Phi) is 38.4. The minimum Gasteiger partial charge on any atom is -0.477 e. The molecular weight excluding hydrogens is 703 g/mol. The minimum absolute atomic E-state index is 0.209. The molecule has 0 aromatic carbocycles. The van der Waals surface area contributed by atoms with Crippen LogP contribution in [0.3, 0.4) is 0 Å². The molecule has 0 radical (unpaired) electrons. The highest BCUT2D eigenvalue weighted by atomic mass is 16.7. The topological polar surface area (TPSA) is 102 Å². The van der Waals surface area contributed by atoms with Crippen molar-refractivity contribution >= 4 is 11.9 Å². The fourth-order valence-corrected chi connectivity index (χ4v) is 5.78. The Morgan fingerprint density at radius 1 is 0.536 bits per heavy atom. The lowest BCUT2D eigenvalue weighted by atomic mass is 10.0. The number of aliphatic carboxylic acids is 1. The molecule has 0 aliphatic rings. The molecule has 56 heavy (non-hydrogen) atoms. The Morgan fingerprint density at radius 2 is 0.929 bits per heavy atom. The van der Waals surface area contributed by atoms with Crippen molar-refractivity contribution in [1.82, 2.24) is 0 Å². The van der Waals surface area contributed by atoms with Gasteiger partial charge in [0.25, 0.3) is 6.29 Å². The van der Waals surface area contributed by atoms with Crippen LogP contribution >= 0.6 is 0 Å². The van der Waals surface area contributed by atoms with E-state index in [1.165, 1.54) is 89.9 Å². The third-order valence-corrected chi connectivity index (χ3v) is 9.21. The Morgan fingerprint density at radius 3 is 1.34 bits per heavy atom. The van der Waals surface area contributed by atoms with Crippen LogP contribution in [0.15, 0.2) is 72.9 Å². The summed E-state index contributed by atoms with van der Waals surface area (Å²) >= 11 is 0. The summed E-state index contributed by atoms with van der Waals surface area (Å²) in [5, 5.41) is 19.3. The molecule has 0 aromatic heterocycles. The fourth-order valence-electron chi connectivity index (χ4n) is 5.78. The van der Waals surface area contributed by atoms with Gasteiger partial charge in [-0.15, -0.1) is 0 Å². The molecule has 0 amide bonds. The molecule has 0 spiro atoms. The lowest BCUT2D eigenvalue weighted by Crippen LogP contribution is -2.40. The Bertz CT molecular complexity index is 1090. The quantitative estimate of drug-likeness (QED) is 0.0210. The first kappa shape index (κ1) is 53.2. The van der Waals surface area contributed by atoms with E-state index in [2.05, 4.69) is 79.8 Å². The van der Waals surface area contributed by atoms with Crippen LogP contribution in [-0.4, -0.2) is 86.5 Å². The predicted molar refractivity (Wildman–Crippen MR) is 235 cm³/mol. The van der Waals surface area contributed by atoms with Gasteiger partial charge in [-0.1, -0.05) is 170 Å². The van der Waals surface area contributed by atoms with E-state index < -0.39 is 18.4 Å². The van der Waals surface area contributed by atoms with Gasteiger partial charge in [0.2, 0.25) is 0 Å². The van der Waals surface area contributed by atoms with E-state index in [1.54, 1.807) is 0 Å². The summed E-state index contributed by atoms with van der Waals surface area (Å²) in [5.41, 5.74) is 0. The lowest BCUT2D eigenvalue weighted by molar-refractivity contribution is -0.870. The molecule has 8 nitrogen and oxygen atoms in total. The van der Waals surface area contributed by atoms with E-state index >= 15 is 0 Å². The molecule has 0 bridgehead atoms. The molecule has 0 rings (SSSR count). The number of carbonyl (C=O) groups excluding carboxylic acids is 1. The first-order chi connectivity index (χ1) is 27.2. The standard InChI is InChI=1S/C48H83NO7/c1-5-6-7-8-9-10-11-12-13-14-15-16-17-18-19-20-21-22-23-24-25-26-27-28-29-30-31-32-33-34-35-36-37-38-39-40-46(51)55-43-45(50)44-56-48(47(52)53)54-42-41-49(2,3)4/h6-7,9-10,12-13,15-16,18-19,21-22,45,48,50H,5,8,11,14,17,20,23-44H2,1-4H3/p+1/b7-6-,10-9-,13-12-,16-15-,19-18-,22-21-. The molecule has 2 atom stereocenters. The Labute approximate surface area is 343 Å². The van der Waals surface area contributed by atoms with E-state index in [9.17, 15) is 19.8 Å². The number of aliphatic hydroxyl groups excluding tert-OH is 1. The molecule has 2 N–H and O–H groups in total. The molecule has 0 aliphatic carbocycles. The number of carboxylic acid groups (broad SMARTS) is 1. The molecular formula is C48H84NO7+. The number of unbranched alkanes of at least 4 members (excludes halogenated alkanes) is 16. The second-order valence-electron chi connectivity index (χ2n) is 15.8. The summed E-state index contributed by atoms with van der Waals surface area (Å²) < 4.78 is 16.2. The van der Waals surface area contributed by atoms with Crippen LogP contribution in [0.5, 0.6) is 0 Å². The number of rotatable bonds is 40. The van der Waals surface area contributed by atoms with Crippen LogP contribution < -0.4 is 0 Å². The highest BCUT2D eigenvalue weighted by Gasteiger charge is 2.22. The van der Waals surface area contributed by atoms with Gasteiger partial charge in [0, 0.05) is 6.42 Å². The summed E-state index contributed by atoms with van der Waals surface area (Å²) in [6.45, 7) is 2.47. The van der Waals surface area contributed by atoms with Gasteiger partial charge in [0.15, 0.2) is 0 Å². The fraction of sp³-hybridized carbons (Fsp3) is 0.708. The number of carbonyl (C=O) groups is 2. The molecule has 0 aliphatic heterocycles. The molecule has 0 fully saturated rings. The Balaban J connectivity index is 3.47. The van der Waals surface area contributed by atoms with E-state index in [-0.39, 0.29) is 25.8 Å². The van der Waals surface area contributed by atoms with Crippen molar-refractivity contribution in [1.29, 1.82) is 0 Å². The maximum atomic E-state index is 12.0. The van der Waals surface area contributed by atoms with Gasteiger partial charge in [-0.2, -0.15) is 0 Å². The second-order valence-corrected chi connectivity index (χ2v) is 15.8. The Hall–Kier alpha value is -2.78. The van der Waals surface area contributed by atoms with E-state index in [0.29, 0.717) is 17.4 Å². The highest BCUT2D eigenvalue weighted by molar-refractivity contribution is 5.70. The third-order valence-electron chi connectivity index (χ3n) is 9.21. The van der Waals surface area contributed by atoms with Gasteiger partial charge in [-0.05, 0) is 57.8 Å². The maximum Gasteiger partial charge on any atom is 0.361 e. The number of hydrogen-bond acceptors (Lipinski definition) is 6. The summed E-state index contributed by atoms with van der Waals surface area (Å²) in [6, 6.07) is 0. The van der Waals surface area contributed by atoms with Crippen LogP contribution in [-0.2, 0) is 23.8 Å². The van der Waals surface area contributed by atoms with Gasteiger partial charge < -0.3 is 28.9 Å². The largest absolute Gasteiger partial charge is 0.477 e. The van der Waals surface area contributed by atoms with E-state index in [1.807, 2.05) is 21.1 Å². The minimum atomic E-state index is -1.46. The zero-order chi connectivity index (χ0) is 41.2. The molecule has 0 saturated carbocycles. The number of esters is 1. The average molecular weight is 787 g/mol. The van der Waals surface area contributed by atoms with Crippen molar-refractivity contribution in [3.05, 3.63) is 72.9 Å². The SMILES string of the molecule is CC/C=C\C/C=C\C/C=C\C/C=C\C/C=C\C/C=C\CCCCCCCCCCCCCCCCCCC(=O)OCC(O)COC(OCC[N+](C)(C)C)C(=O)O. The first-order valence-electron chi connectivity index (χ1n) is 22.2. The van der Waals surface area contributed by atoms with Crippen LogP contribution in [0.1, 0.15) is 161 Å². The average Bonchev–Trinajstić information content (AvgIpc) is 3.16. The van der Waals surface area contributed by atoms with Gasteiger partial charge in [0.05, 0.1) is 34.4 Å². The number of quaternary nitrogens is 1.